The number of aryl methyl sites for hydroxylation is 1. The average Bonchev–Trinajstić information content (AvgIpc) is 3.28. The van der Waals surface area contributed by atoms with Crippen molar-refractivity contribution >= 4 is 17.7 Å². The largest absolute Gasteiger partial charge is 0.301 e. The quantitative estimate of drug-likeness (QED) is 0.442. The summed E-state index contributed by atoms with van der Waals surface area (Å²) < 4.78 is 1.69. The molecule has 4 aromatic rings. The van der Waals surface area contributed by atoms with E-state index in [9.17, 15) is 4.79 Å². The van der Waals surface area contributed by atoms with Gasteiger partial charge in [-0.2, -0.15) is 0 Å². The van der Waals surface area contributed by atoms with E-state index in [0.717, 1.165) is 28.1 Å². The van der Waals surface area contributed by atoms with E-state index in [4.69, 9.17) is 0 Å². The maximum Gasteiger partial charge on any atom is 0.255 e. The minimum absolute atomic E-state index is 0.0103. The summed E-state index contributed by atoms with van der Waals surface area (Å²) in [5, 5.41) is 8.60. The zero-order valence-electron chi connectivity index (χ0n) is 17.2. The highest BCUT2D eigenvalue weighted by atomic mass is 16.2. The fraction of sp³-hybridized carbons (Fsp3) is 0.115. The number of rotatable bonds is 5. The molecule has 1 aliphatic rings. The van der Waals surface area contributed by atoms with Gasteiger partial charge in [0.25, 0.3) is 5.91 Å². The lowest BCUT2D eigenvalue weighted by atomic mass is 9.92. The summed E-state index contributed by atoms with van der Waals surface area (Å²) >= 11 is 0. The predicted octanol–water partition coefficient (Wildman–Crippen LogP) is 4.92. The second-order valence-electron chi connectivity index (χ2n) is 7.70. The minimum Gasteiger partial charge on any atom is -0.301 e. The third-order valence-electron chi connectivity index (χ3n) is 5.57. The van der Waals surface area contributed by atoms with Crippen molar-refractivity contribution in [2.24, 2.45) is 0 Å². The standard InChI is InChI=1S/C26H22N4O/c1-19-12-15-22(16-13-19)30-24(17-14-20-8-4-2-5-9-20)25(26(30)31)29-18-23(27-28-29)21-10-6-3-7-11-21/h2-18,24-25H,1H3/b17-14+/t24-,25+/m1/s1. The van der Waals surface area contributed by atoms with E-state index in [-0.39, 0.29) is 11.9 Å². The highest BCUT2D eigenvalue weighted by Crippen LogP contribution is 2.37. The number of amides is 1. The molecule has 1 aromatic heterocycles. The molecule has 3 aromatic carbocycles. The first kappa shape index (κ1) is 19.0. The molecule has 1 fully saturated rings. The fourth-order valence-corrected chi connectivity index (χ4v) is 3.89. The molecule has 0 aliphatic carbocycles. The van der Waals surface area contributed by atoms with Crippen LogP contribution in [0.4, 0.5) is 5.69 Å². The van der Waals surface area contributed by atoms with E-state index in [1.54, 1.807) is 4.68 Å². The van der Waals surface area contributed by atoms with Gasteiger partial charge in [0.1, 0.15) is 5.69 Å². The maximum atomic E-state index is 13.2. The van der Waals surface area contributed by atoms with Crippen molar-refractivity contribution in [3.63, 3.8) is 0 Å². The van der Waals surface area contributed by atoms with Crippen LogP contribution in [0.15, 0.2) is 97.2 Å². The molecule has 1 amide bonds. The van der Waals surface area contributed by atoms with Gasteiger partial charge in [0.2, 0.25) is 0 Å². The van der Waals surface area contributed by atoms with Crippen molar-refractivity contribution in [1.82, 2.24) is 15.0 Å². The van der Waals surface area contributed by atoms with Crippen LogP contribution in [0.1, 0.15) is 17.2 Å². The molecule has 0 bridgehead atoms. The van der Waals surface area contributed by atoms with Gasteiger partial charge in [-0.05, 0) is 24.6 Å². The second kappa shape index (κ2) is 8.03. The molecule has 1 saturated heterocycles. The molecule has 152 valence electrons. The van der Waals surface area contributed by atoms with Crippen molar-refractivity contribution in [1.29, 1.82) is 0 Å². The number of carbonyl (C=O) groups is 1. The van der Waals surface area contributed by atoms with Crippen molar-refractivity contribution in [2.75, 3.05) is 4.90 Å². The maximum absolute atomic E-state index is 13.2. The molecule has 0 unspecified atom stereocenters. The van der Waals surface area contributed by atoms with Crippen LogP contribution in [-0.2, 0) is 4.79 Å². The molecule has 0 radical (unpaired) electrons. The van der Waals surface area contributed by atoms with Gasteiger partial charge in [-0.1, -0.05) is 95.7 Å². The zero-order chi connectivity index (χ0) is 21.2. The van der Waals surface area contributed by atoms with Crippen LogP contribution in [-0.4, -0.2) is 26.9 Å². The molecule has 0 spiro atoms. The molecule has 5 nitrogen and oxygen atoms in total. The number of nitrogens with zero attached hydrogens (tertiary/aromatic N) is 4. The van der Waals surface area contributed by atoms with Crippen molar-refractivity contribution in [3.05, 3.63) is 108 Å². The Morgan fingerprint density at radius 2 is 1.55 bits per heavy atom. The van der Waals surface area contributed by atoms with Crippen molar-refractivity contribution < 1.29 is 4.79 Å². The van der Waals surface area contributed by atoms with Crippen LogP contribution in [0.25, 0.3) is 17.3 Å². The Balaban J connectivity index is 1.48. The van der Waals surface area contributed by atoms with Crippen LogP contribution >= 0.6 is 0 Å². The Kier molecular flexibility index (Phi) is 4.92. The van der Waals surface area contributed by atoms with Crippen LogP contribution in [0.5, 0.6) is 0 Å². The normalized spacial score (nSPS) is 18.4. The summed E-state index contributed by atoms with van der Waals surface area (Å²) in [4.78, 5) is 15.0. The van der Waals surface area contributed by atoms with Gasteiger partial charge in [-0.25, -0.2) is 4.68 Å². The summed E-state index contributed by atoms with van der Waals surface area (Å²) in [6, 6.07) is 27.4. The second-order valence-corrected chi connectivity index (χ2v) is 7.70. The van der Waals surface area contributed by atoms with E-state index in [2.05, 4.69) is 22.5 Å². The van der Waals surface area contributed by atoms with E-state index >= 15 is 0 Å². The van der Waals surface area contributed by atoms with Crippen molar-refractivity contribution in [2.45, 2.75) is 19.0 Å². The summed E-state index contributed by atoms with van der Waals surface area (Å²) in [6.07, 6.45) is 5.99. The van der Waals surface area contributed by atoms with Crippen LogP contribution in [0.2, 0.25) is 0 Å². The molecule has 1 aliphatic heterocycles. The van der Waals surface area contributed by atoms with E-state index < -0.39 is 6.04 Å². The molecule has 31 heavy (non-hydrogen) atoms. The smallest absolute Gasteiger partial charge is 0.255 e. The number of anilines is 1. The SMILES string of the molecule is Cc1ccc(N2C(=O)[C@@H](n3cc(-c4ccccc4)nn3)[C@H]2/C=C/c2ccccc2)cc1. The van der Waals surface area contributed by atoms with Crippen LogP contribution < -0.4 is 4.90 Å². The lowest BCUT2D eigenvalue weighted by molar-refractivity contribution is -0.128. The lowest BCUT2D eigenvalue weighted by Crippen LogP contribution is -2.61. The van der Waals surface area contributed by atoms with E-state index in [0.29, 0.717) is 0 Å². The van der Waals surface area contributed by atoms with Gasteiger partial charge in [0.05, 0.1) is 12.2 Å². The Hall–Kier alpha value is -3.99. The average molecular weight is 406 g/mol. The molecule has 2 atom stereocenters. The van der Waals surface area contributed by atoms with E-state index in [1.807, 2.05) is 103 Å². The minimum atomic E-state index is -0.425. The first-order valence-corrected chi connectivity index (χ1v) is 10.3. The Labute approximate surface area is 181 Å². The Bertz CT molecular complexity index is 1210. The summed E-state index contributed by atoms with van der Waals surface area (Å²) in [5.74, 6) is 0.0103. The first-order chi connectivity index (χ1) is 15.2. The van der Waals surface area contributed by atoms with Crippen LogP contribution in [0, 0.1) is 6.92 Å². The van der Waals surface area contributed by atoms with Gasteiger partial charge < -0.3 is 4.90 Å². The van der Waals surface area contributed by atoms with Gasteiger partial charge in [0, 0.05) is 11.3 Å². The summed E-state index contributed by atoms with van der Waals surface area (Å²) in [5.41, 5.74) is 4.87. The lowest BCUT2D eigenvalue weighted by Gasteiger charge is -2.45. The number of β-lactam (4-membered cyclic amide) rings is 1. The molecule has 5 rings (SSSR count). The monoisotopic (exact) mass is 406 g/mol. The molecule has 5 heteroatoms. The Morgan fingerprint density at radius 3 is 2.26 bits per heavy atom. The highest BCUT2D eigenvalue weighted by Gasteiger charge is 2.48. The topological polar surface area (TPSA) is 51.0 Å². The number of hydrogen-bond donors (Lipinski definition) is 0. The highest BCUT2D eigenvalue weighted by molar-refractivity contribution is 6.05. The zero-order valence-corrected chi connectivity index (χ0v) is 17.2. The molecule has 0 N–H and O–H groups in total. The number of carbonyl (C=O) groups excluding carboxylic acids is 1. The van der Waals surface area contributed by atoms with E-state index in [1.165, 1.54) is 0 Å². The first-order valence-electron chi connectivity index (χ1n) is 10.3. The number of benzene rings is 3. The van der Waals surface area contributed by atoms with Crippen LogP contribution in [0.3, 0.4) is 0 Å². The van der Waals surface area contributed by atoms with Gasteiger partial charge in [-0.15, -0.1) is 5.10 Å². The summed E-state index contributed by atoms with van der Waals surface area (Å²) in [7, 11) is 0. The van der Waals surface area contributed by atoms with Gasteiger partial charge >= 0.3 is 0 Å². The predicted molar refractivity (Wildman–Crippen MR) is 122 cm³/mol. The number of hydrogen-bond acceptors (Lipinski definition) is 3. The van der Waals surface area contributed by atoms with Gasteiger partial charge in [0.15, 0.2) is 6.04 Å². The third-order valence-corrected chi connectivity index (χ3v) is 5.57. The Morgan fingerprint density at radius 1 is 0.871 bits per heavy atom. The van der Waals surface area contributed by atoms with Crippen molar-refractivity contribution in [3.8, 4) is 11.3 Å². The molecular formula is C26H22N4O. The summed E-state index contributed by atoms with van der Waals surface area (Å²) in [6.45, 7) is 2.04. The molecule has 2 heterocycles. The fourth-order valence-electron chi connectivity index (χ4n) is 3.89. The van der Waals surface area contributed by atoms with Gasteiger partial charge in [-0.3, -0.25) is 4.79 Å². The molecular weight excluding hydrogens is 384 g/mol. The third kappa shape index (κ3) is 3.66. The molecule has 0 saturated carbocycles. The number of aromatic nitrogens is 3.